The fraction of sp³-hybridized carbons (Fsp3) is 0.273. The Labute approximate surface area is 163 Å². The van der Waals surface area contributed by atoms with Gasteiger partial charge in [-0.1, -0.05) is 18.2 Å². The second-order valence-corrected chi connectivity index (χ2v) is 6.94. The molecule has 0 spiro atoms. The molecule has 1 aromatic carbocycles. The molecular formula is C22H21FN4O. The quantitative estimate of drug-likeness (QED) is 0.735. The molecule has 142 valence electrons. The molecule has 0 saturated carbocycles. The average Bonchev–Trinajstić information content (AvgIpc) is 2.74. The number of benzene rings is 1. The van der Waals surface area contributed by atoms with Gasteiger partial charge in [0.25, 0.3) is 0 Å². The van der Waals surface area contributed by atoms with E-state index in [4.69, 9.17) is 4.98 Å². The minimum Gasteiger partial charge on any atom is -0.349 e. The number of hydrogen-bond donors (Lipinski definition) is 1. The summed E-state index contributed by atoms with van der Waals surface area (Å²) in [4.78, 5) is 25.6. The van der Waals surface area contributed by atoms with Crippen molar-refractivity contribution in [1.82, 2.24) is 20.3 Å². The maximum Gasteiger partial charge on any atom is 0.220 e. The summed E-state index contributed by atoms with van der Waals surface area (Å²) in [6.07, 6.45) is 8.58. The van der Waals surface area contributed by atoms with Crippen LogP contribution in [0.25, 0.3) is 11.4 Å². The largest absolute Gasteiger partial charge is 0.349 e. The number of aromatic nitrogens is 3. The van der Waals surface area contributed by atoms with Gasteiger partial charge in [-0.05, 0) is 49.4 Å². The van der Waals surface area contributed by atoms with E-state index in [1.807, 2.05) is 18.3 Å². The van der Waals surface area contributed by atoms with Crippen LogP contribution in [0, 0.1) is 5.82 Å². The van der Waals surface area contributed by atoms with Crippen LogP contribution >= 0.6 is 0 Å². The van der Waals surface area contributed by atoms with Gasteiger partial charge in [0.15, 0.2) is 5.82 Å². The number of aryl methyl sites for hydroxylation is 2. The summed E-state index contributed by atoms with van der Waals surface area (Å²) in [6, 6.07) is 10.2. The predicted octanol–water partition coefficient (Wildman–Crippen LogP) is 3.80. The lowest BCUT2D eigenvalue weighted by atomic mass is 9.92. The van der Waals surface area contributed by atoms with Crippen LogP contribution in [-0.4, -0.2) is 20.9 Å². The molecule has 28 heavy (non-hydrogen) atoms. The first-order valence-electron chi connectivity index (χ1n) is 9.49. The van der Waals surface area contributed by atoms with Crippen LogP contribution in [0.4, 0.5) is 4.39 Å². The third-order valence-corrected chi connectivity index (χ3v) is 5.03. The van der Waals surface area contributed by atoms with Gasteiger partial charge in [-0.25, -0.2) is 14.4 Å². The lowest BCUT2D eigenvalue weighted by molar-refractivity contribution is -0.121. The molecule has 0 saturated heterocycles. The van der Waals surface area contributed by atoms with Crippen molar-refractivity contribution < 1.29 is 9.18 Å². The van der Waals surface area contributed by atoms with E-state index in [1.165, 1.54) is 6.07 Å². The standard InChI is InChI=1S/C22H21FN4O/c23-18-5-2-1-4-15(18)8-9-21(28)26-19-6-3-7-20-17(19)14-25-22(27-20)16-10-12-24-13-11-16/h1-2,4-5,10-14,19H,3,6-9H2,(H,26,28)/t19-/m0/s1. The minimum absolute atomic E-state index is 0.0840. The average molecular weight is 376 g/mol. The van der Waals surface area contributed by atoms with E-state index in [-0.39, 0.29) is 24.2 Å². The van der Waals surface area contributed by atoms with Gasteiger partial charge in [0, 0.05) is 41.8 Å². The molecule has 0 radical (unpaired) electrons. The molecule has 4 rings (SSSR count). The number of amides is 1. The van der Waals surface area contributed by atoms with Gasteiger partial charge in [0.2, 0.25) is 5.91 Å². The zero-order valence-corrected chi connectivity index (χ0v) is 15.4. The monoisotopic (exact) mass is 376 g/mol. The highest BCUT2D eigenvalue weighted by atomic mass is 19.1. The van der Waals surface area contributed by atoms with E-state index in [0.29, 0.717) is 17.8 Å². The Bertz CT molecular complexity index is 977. The Kier molecular flexibility index (Phi) is 5.37. The predicted molar refractivity (Wildman–Crippen MR) is 104 cm³/mol. The molecule has 5 nitrogen and oxygen atoms in total. The first kappa shape index (κ1) is 18.2. The maximum atomic E-state index is 13.7. The number of nitrogens with one attached hydrogen (secondary N) is 1. The van der Waals surface area contributed by atoms with Crippen LogP contribution < -0.4 is 5.32 Å². The molecule has 0 aliphatic heterocycles. The Morgan fingerprint density at radius 3 is 2.82 bits per heavy atom. The smallest absolute Gasteiger partial charge is 0.220 e. The lowest BCUT2D eigenvalue weighted by Gasteiger charge is -2.25. The molecule has 3 aromatic rings. The molecule has 0 bridgehead atoms. The van der Waals surface area contributed by atoms with E-state index in [1.54, 1.807) is 30.6 Å². The number of halogens is 1. The molecule has 2 aromatic heterocycles. The van der Waals surface area contributed by atoms with Crippen LogP contribution in [0.5, 0.6) is 0 Å². The highest BCUT2D eigenvalue weighted by molar-refractivity contribution is 5.76. The van der Waals surface area contributed by atoms with Crippen molar-refractivity contribution >= 4 is 5.91 Å². The van der Waals surface area contributed by atoms with Crippen LogP contribution in [0.3, 0.4) is 0 Å². The van der Waals surface area contributed by atoms with Crippen molar-refractivity contribution in [3.05, 3.63) is 77.6 Å². The molecule has 1 aliphatic rings. The van der Waals surface area contributed by atoms with Gasteiger partial charge in [-0.3, -0.25) is 9.78 Å². The molecule has 6 heteroatoms. The van der Waals surface area contributed by atoms with Crippen LogP contribution in [0.2, 0.25) is 0 Å². The molecule has 1 amide bonds. The third-order valence-electron chi connectivity index (χ3n) is 5.03. The molecule has 0 fully saturated rings. The summed E-state index contributed by atoms with van der Waals surface area (Å²) >= 11 is 0. The first-order valence-corrected chi connectivity index (χ1v) is 9.49. The van der Waals surface area contributed by atoms with E-state index < -0.39 is 0 Å². The summed E-state index contributed by atoms with van der Waals surface area (Å²) in [5.41, 5.74) is 3.44. The summed E-state index contributed by atoms with van der Waals surface area (Å²) in [6.45, 7) is 0. The van der Waals surface area contributed by atoms with Gasteiger partial charge in [0.1, 0.15) is 5.82 Å². The van der Waals surface area contributed by atoms with E-state index in [0.717, 1.165) is 36.1 Å². The SMILES string of the molecule is O=C(CCc1ccccc1F)N[C@H]1CCCc2nc(-c3ccncc3)ncc21. The molecule has 1 atom stereocenters. The molecule has 2 heterocycles. The van der Waals surface area contributed by atoms with Crippen molar-refractivity contribution in [3.63, 3.8) is 0 Å². The van der Waals surface area contributed by atoms with E-state index in [2.05, 4.69) is 15.3 Å². The topological polar surface area (TPSA) is 67.8 Å². The summed E-state index contributed by atoms with van der Waals surface area (Å²) in [7, 11) is 0. The number of fused-ring (bicyclic) bond motifs is 1. The number of carbonyl (C=O) groups excluding carboxylic acids is 1. The zero-order valence-electron chi connectivity index (χ0n) is 15.4. The molecule has 0 unspecified atom stereocenters. The normalized spacial score (nSPS) is 15.7. The number of hydrogen-bond acceptors (Lipinski definition) is 4. The van der Waals surface area contributed by atoms with Gasteiger partial charge in [-0.2, -0.15) is 0 Å². The van der Waals surface area contributed by atoms with E-state index >= 15 is 0 Å². The van der Waals surface area contributed by atoms with E-state index in [9.17, 15) is 9.18 Å². The second-order valence-electron chi connectivity index (χ2n) is 6.94. The minimum atomic E-state index is -0.268. The summed E-state index contributed by atoms with van der Waals surface area (Å²) < 4.78 is 13.7. The Morgan fingerprint density at radius 1 is 1.18 bits per heavy atom. The summed E-state index contributed by atoms with van der Waals surface area (Å²) in [5.74, 6) is 0.322. The van der Waals surface area contributed by atoms with Gasteiger partial charge in [0.05, 0.1) is 6.04 Å². The first-order chi connectivity index (χ1) is 13.7. The summed E-state index contributed by atoms with van der Waals surface area (Å²) in [5, 5.41) is 3.07. The Hall–Kier alpha value is -3.15. The maximum absolute atomic E-state index is 13.7. The van der Waals surface area contributed by atoms with Crippen molar-refractivity contribution in [2.75, 3.05) is 0 Å². The van der Waals surface area contributed by atoms with Crippen LogP contribution in [0.1, 0.15) is 42.1 Å². The van der Waals surface area contributed by atoms with Gasteiger partial charge >= 0.3 is 0 Å². The third kappa shape index (κ3) is 4.06. The number of carbonyl (C=O) groups is 1. The Morgan fingerprint density at radius 2 is 2.00 bits per heavy atom. The van der Waals surface area contributed by atoms with Crippen LogP contribution in [-0.2, 0) is 17.6 Å². The number of nitrogens with zero attached hydrogens (tertiary/aromatic N) is 3. The molecule has 1 aliphatic carbocycles. The highest BCUT2D eigenvalue weighted by Gasteiger charge is 2.24. The van der Waals surface area contributed by atoms with Crippen LogP contribution in [0.15, 0.2) is 55.0 Å². The van der Waals surface area contributed by atoms with Gasteiger partial charge in [-0.15, -0.1) is 0 Å². The van der Waals surface area contributed by atoms with Crippen molar-refractivity contribution in [1.29, 1.82) is 0 Å². The van der Waals surface area contributed by atoms with Crippen molar-refractivity contribution in [3.8, 4) is 11.4 Å². The highest BCUT2D eigenvalue weighted by Crippen LogP contribution is 2.29. The van der Waals surface area contributed by atoms with Gasteiger partial charge < -0.3 is 5.32 Å². The van der Waals surface area contributed by atoms with Crippen molar-refractivity contribution in [2.45, 2.75) is 38.1 Å². The van der Waals surface area contributed by atoms with Crippen molar-refractivity contribution in [2.24, 2.45) is 0 Å². The fourth-order valence-electron chi connectivity index (χ4n) is 3.55. The number of pyridine rings is 1. The molecular weight excluding hydrogens is 355 g/mol. The lowest BCUT2D eigenvalue weighted by Crippen LogP contribution is -2.31. The Balaban J connectivity index is 1.44. The zero-order chi connectivity index (χ0) is 19.3. The second kappa shape index (κ2) is 8.25. The number of rotatable bonds is 5. The molecule has 1 N–H and O–H groups in total. The fourth-order valence-corrected chi connectivity index (χ4v) is 3.55.